The Morgan fingerprint density at radius 2 is 1.29 bits per heavy atom. The molecule has 1 aliphatic rings. The summed E-state index contributed by atoms with van der Waals surface area (Å²) in [5.74, 6) is 0. The number of nitrogens with zero attached hydrogens (tertiary/aromatic N) is 2. The van der Waals surface area contributed by atoms with Crippen LogP contribution in [0.4, 0.5) is 0 Å². The molecule has 72 valence electrons. The van der Waals surface area contributed by atoms with Crippen molar-refractivity contribution in [3.05, 3.63) is 24.3 Å². The van der Waals surface area contributed by atoms with Crippen LogP contribution in [0.15, 0.2) is 34.3 Å². The molecule has 4 nitrogen and oxygen atoms in total. The molecule has 0 N–H and O–H groups in total. The summed E-state index contributed by atoms with van der Waals surface area (Å²) in [6.45, 7) is 3.41. The molecule has 14 heavy (non-hydrogen) atoms. The number of hydrogen-bond acceptors (Lipinski definition) is 4. The predicted octanol–water partition coefficient (Wildman–Crippen LogP) is 1.30. The minimum Gasteiger partial charge on any atom is -0.211 e. The van der Waals surface area contributed by atoms with E-state index in [9.17, 15) is 9.59 Å². The summed E-state index contributed by atoms with van der Waals surface area (Å²) >= 11 is 0. The molecule has 0 saturated heterocycles. The van der Waals surface area contributed by atoms with E-state index < -0.39 is 11.1 Å². The van der Waals surface area contributed by atoms with Crippen molar-refractivity contribution in [2.45, 2.75) is 24.9 Å². The lowest BCUT2D eigenvalue weighted by Gasteiger charge is -2.35. The number of aliphatic imine (C=N–C) groups is 2. The number of isocyanates is 2. The van der Waals surface area contributed by atoms with Gasteiger partial charge in [-0.25, -0.2) is 9.59 Å². The fraction of sp³-hybridized carbons (Fsp3) is 0.400. The van der Waals surface area contributed by atoms with Gasteiger partial charge in [-0.05, 0) is 13.8 Å². The Morgan fingerprint density at radius 1 is 0.929 bits per heavy atom. The van der Waals surface area contributed by atoms with Crippen LogP contribution in [0.25, 0.3) is 0 Å². The van der Waals surface area contributed by atoms with Gasteiger partial charge in [0, 0.05) is 0 Å². The topological polar surface area (TPSA) is 58.9 Å². The highest BCUT2D eigenvalue weighted by Gasteiger charge is 2.42. The van der Waals surface area contributed by atoms with Gasteiger partial charge in [0.2, 0.25) is 12.2 Å². The molecule has 2 atom stereocenters. The van der Waals surface area contributed by atoms with Crippen LogP contribution in [0.5, 0.6) is 0 Å². The summed E-state index contributed by atoms with van der Waals surface area (Å²) in [5.41, 5.74) is -1.72. The molecule has 0 amide bonds. The van der Waals surface area contributed by atoms with Crippen LogP contribution in [0, 0.1) is 0 Å². The third kappa shape index (κ3) is 1.49. The van der Waals surface area contributed by atoms with Crippen molar-refractivity contribution in [1.29, 1.82) is 0 Å². The van der Waals surface area contributed by atoms with Crippen LogP contribution >= 0.6 is 0 Å². The molecule has 0 bridgehead atoms. The summed E-state index contributed by atoms with van der Waals surface area (Å²) in [6, 6.07) is 0. The Bertz CT molecular complexity index is 349. The van der Waals surface area contributed by atoms with Gasteiger partial charge in [-0.1, -0.05) is 24.3 Å². The van der Waals surface area contributed by atoms with Gasteiger partial charge in [-0.15, -0.1) is 0 Å². The fourth-order valence-electron chi connectivity index (χ4n) is 1.31. The average molecular weight is 190 g/mol. The minimum absolute atomic E-state index is 0.860. The quantitative estimate of drug-likeness (QED) is 0.486. The minimum atomic E-state index is -0.860. The Morgan fingerprint density at radius 3 is 1.57 bits per heavy atom. The molecule has 0 heterocycles. The molecule has 4 heteroatoms. The number of hydrogen-bond donors (Lipinski definition) is 0. The van der Waals surface area contributed by atoms with Crippen molar-refractivity contribution in [3.8, 4) is 0 Å². The van der Waals surface area contributed by atoms with E-state index in [0.717, 1.165) is 0 Å². The van der Waals surface area contributed by atoms with Gasteiger partial charge in [0.25, 0.3) is 0 Å². The van der Waals surface area contributed by atoms with Crippen molar-refractivity contribution >= 4 is 12.2 Å². The molecule has 0 aromatic heterocycles. The molecular weight excluding hydrogens is 180 g/mol. The molecular formula is C10H10N2O2. The smallest absolute Gasteiger partial charge is 0.211 e. The van der Waals surface area contributed by atoms with E-state index in [1.807, 2.05) is 0 Å². The molecule has 0 spiro atoms. The van der Waals surface area contributed by atoms with E-state index >= 15 is 0 Å². The third-order valence-corrected chi connectivity index (χ3v) is 2.53. The normalized spacial score (nSPS) is 34.4. The molecule has 0 saturated carbocycles. The first-order valence-corrected chi connectivity index (χ1v) is 4.13. The van der Waals surface area contributed by atoms with Gasteiger partial charge in [0.15, 0.2) is 0 Å². The summed E-state index contributed by atoms with van der Waals surface area (Å²) in [6.07, 6.45) is 9.90. The highest BCUT2D eigenvalue weighted by atomic mass is 16.1. The SMILES string of the molecule is CC1(N=C=O)C=CC=CC1(C)N=C=O. The van der Waals surface area contributed by atoms with Crippen molar-refractivity contribution in [3.63, 3.8) is 0 Å². The van der Waals surface area contributed by atoms with Gasteiger partial charge in [-0.3, -0.25) is 0 Å². The lowest BCUT2D eigenvalue weighted by Crippen LogP contribution is -2.45. The van der Waals surface area contributed by atoms with Crippen LogP contribution in [-0.2, 0) is 9.59 Å². The first kappa shape index (κ1) is 10.3. The maximum atomic E-state index is 10.3. The molecule has 1 rings (SSSR count). The summed E-state index contributed by atoms with van der Waals surface area (Å²) in [5, 5.41) is 0. The van der Waals surface area contributed by atoms with Crippen LogP contribution in [0.3, 0.4) is 0 Å². The van der Waals surface area contributed by atoms with E-state index in [-0.39, 0.29) is 0 Å². The summed E-state index contributed by atoms with van der Waals surface area (Å²) < 4.78 is 0. The zero-order chi connectivity index (χ0) is 10.7. The third-order valence-electron chi connectivity index (χ3n) is 2.53. The zero-order valence-corrected chi connectivity index (χ0v) is 8.02. The molecule has 0 aromatic carbocycles. The molecule has 0 fully saturated rings. The standard InChI is InChI=1S/C10H10N2O2/c1-9(11-7-13)5-3-4-6-10(9,2)12-8-14/h3-6H,1-2H3. The van der Waals surface area contributed by atoms with E-state index in [2.05, 4.69) is 9.98 Å². The maximum absolute atomic E-state index is 10.3. The lowest BCUT2D eigenvalue weighted by molar-refractivity contribution is 0.383. The number of rotatable bonds is 2. The second-order valence-electron chi connectivity index (χ2n) is 3.42. The first-order valence-electron chi connectivity index (χ1n) is 4.13. The van der Waals surface area contributed by atoms with Crippen molar-refractivity contribution in [1.82, 2.24) is 0 Å². The van der Waals surface area contributed by atoms with Gasteiger partial charge >= 0.3 is 0 Å². The summed E-state index contributed by atoms with van der Waals surface area (Å²) in [4.78, 5) is 27.9. The summed E-state index contributed by atoms with van der Waals surface area (Å²) in [7, 11) is 0. The Hall–Kier alpha value is -1.76. The molecule has 1 aliphatic carbocycles. The molecule has 0 aromatic rings. The molecule has 0 radical (unpaired) electrons. The predicted molar refractivity (Wildman–Crippen MR) is 51.3 cm³/mol. The number of allylic oxidation sites excluding steroid dienone is 2. The number of carbonyl (C=O) groups excluding carboxylic acids is 2. The van der Waals surface area contributed by atoms with Gasteiger partial charge in [-0.2, -0.15) is 9.98 Å². The van der Waals surface area contributed by atoms with Crippen LogP contribution in [0.1, 0.15) is 13.8 Å². The van der Waals surface area contributed by atoms with Crippen molar-refractivity contribution < 1.29 is 9.59 Å². The zero-order valence-electron chi connectivity index (χ0n) is 8.02. The monoisotopic (exact) mass is 190 g/mol. The van der Waals surface area contributed by atoms with Crippen LogP contribution in [-0.4, -0.2) is 23.2 Å². The fourth-order valence-corrected chi connectivity index (χ4v) is 1.31. The Labute approximate surface area is 81.8 Å². The van der Waals surface area contributed by atoms with E-state index in [1.165, 1.54) is 12.2 Å². The van der Waals surface area contributed by atoms with Crippen LogP contribution in [0.2, 0.25) is 0 Å². The Balaban J connectivity index is 3.28. The highest BCUT2D eigenvalue weighted by molar-refractivity contribution is 5.45. The van der Waals surface area contributed by atoms with E-state index in [4.69, 9.17) is 0 Å². The van der Waals surface area contributed by atoms with Crippen molar-refractivity contribution in [2.75, 3.05) is 0 Å². The molecule has 2 unspecified atom stereocenters. The van der Waals surface area contributed by atoms with Crippen molar-refractivity contribution in [2.24, 2.45) is 9.98 Å². The first-order chi connectivity index (χ1) is 6.58. The van der Waals surface area contributed by atoms with Gasteiger partial charge in [0.05, 0.1) is 0 Å². The largest absolute Gasteiger partial charge is 0.235 e. The maximum Gasteiger partial charge on any atom is 0.235 e. The van der Waals surface area contributed by atoms with Crippen LogP contribution < -0.4 is 0 Å². The Kier molecular flexibility index (Phi) is 2.61. The van der Waals surface area contributed by atoms with Gasteiger partial charge < -0.3 is 0 Å². The van der Waals surface area contributed by atoms with Gasteiger partial charge in [0.1, 0.15) is 11.1 Å². The average Bonchev–Trinajstić information content (AvgIpc) is 2.12. The second kappa shape index (κ2) is 3.54. The second-order valence-corrected chi connectivity index (χ2v) is 3.42. The highest BCUT2D eigenvalue weighted by Crippen LogP contribution is 2.34. The van der Waals surface area contributed by atoms with E-state index in [1.54, 1.807) is 38.2 Å². The molecule has 0 aliphatic heterocycles. The van der Waals surface area contributed by atoms with E-state index in [0.29, 0.717) is 0 Å². The lowest BCUT2D eigenvalue weighted by atomic mass is 9.77.